The summed E-state index contributed by atoms with van der Waals surface area (Å²) in [6.45, 7) is 2.07. The topological polar surface area (TPSA) is 90.5 Å². The third-order valence-electron chi connectivity index (χ3n) is 5.12. The van der Waals surface area contributed by atoms with Crippen LogP contribution in [0.3, 0.4) is 0 Å². The van der Waals surface area contributed by atoms with Crippen LogP contribution >= 0.6 is 22.9 Å². The Morgan fingerprint density at radius 3 is 2.62 bits per heavy atom. The highest BCUT2D eigenvalue weighted by molar-refractivity contribution is 7.20. The Bertz CT molecular complexity index is 1440. The molecule has 0 aliphatic carbocycles. The molecule has 0 aliphatic rings. The van der Waals surface area contributed by atoms with Crippen molar-refractivity contribution in [3.05, 3.63) is 86.3 Å². The van der Waals surface area contributed by atoms with Crippen molar-refractivity contribution < 1.29 is 19.0 Å². The van der Waals surface area contributed by atoms with Crippen LogP contribution in [0.2, 0.25) is 0 Å². The predicted molar refractivity (Wildman–Crippen MR) is 134 cm³/mol. The van der Waals surface area contributed by atoms with E-state index in [1.807, 2.05) is 36.4 Å². The molecule has 2 heterocycles. The SMILES string of the molecule is COC(=O)c1sc2nc(/C(Cl)=C/c3ccc(OC)c(OCc4ccccc4)c3)[nH]c(=O)c2c1C. The van der Waals surface area contributed by atoms with Crippen LogP contribution in [0.1, 0.15) is 32.2 Å². The van der Waals surface area contributed by atoms with Gasteiger partial charge in [0.05, 0.1) is 24.6 Å². The van der Waals surface area contributed by atoms with Gasteiger partial charge < -0.3 is 19.2 Å². The molecule has 0 radical (unpaired) electrons. The number of rotatable bonds is 7. The van der Waals surface area contributed by atoms with Crippen molar-refractivity contribution in [1.29, 1.82) is 0 Å². The van der Waals surface area contributed by atoms with Gasteiger partial charge in [-0.2, -0.15) is 0 Å². The van der Waals surface area contributed by atoms with E-state index in [1.165, 1.54) is 7.11 Å². The molecule has 1 N–H and O–H groups in total. The number of esters is 1. The molecular formula is C25H21ClN2O5S. The number of benzene rings is 2. The number of fused-ring (bicyclic) bond motifs is 1. The summed E-state index contributed by atoms with van der Waals surface area (Å²) in [7, 11) is 2.87. The molecule has 0 unspecified atom stereocenters. The van der Waals surface area contributed by atoms with Gasteiger partial charge in [-0.05, 0) is 41.8 Å². The minimum Gasteiger partial charge on any atom is -0.493 e. The highest BCUT2D eigenvalue weighted by Gasteiger charge is 2.20. The predicted octanol–water partition coefficient (Wildman–Crippen LogP) is 5.40. The third kappa shape index (κ3) is 4.83. The number of methoxy groups -OCH3 is 2. The highest BCUT2D eigenvalue weighted by Crippen LogP contribution is 2.32. The van der Waals surface area contributed by atoms with Crippen LogP contribution in [0.4, 0.5) is 0 Å². The molecule has 2 aromatic carbocycles. The van der Waals surface area contributed by atoms with Crippen LogP contribution in [0, 0.1) is 6.92 Å². The number of hydrogen-bond donors (Lipinski definition) is 1. The van der Waals surface area contributed by atoms with Gasteiger partial charge in [-0.25, -0.2) is 9.78 Å². The maximum atomic E-state index is 12.7. The summed E-state index contributed by atoms with van der Waals surface area (Å²) in [5.74, 6) is 0.823. The van der Waals surface area contributed by atoms with Crippen molar-refractivity contribution in [2.75, 3.05) is 14.2 Å². The first kappa shape index (κ1) is 23.5. The van der Waals surface area contributed by atoms with Crippen LogP contribution in [-0.2, 0) is 11.3 Å². The molecule has 0 saturated heterocycles. The Labute approximate surface area is 204 Å². The van der Waals surface area contributed by atoms with Crippen molar-refractivity contribution in [2.24, 2.45) is 0 Å². The Hall–Kier alpha value is -3.62. The van der Waals surface area contributed by atoms with Crippen molar-refractivity contribution in [2.45, 2.75) is 13.5 Å². The second-order valence-corrected chi connectivity index (χ2v) is 8.73. The van der Waals surface area contributed by atoms with Crippen LogP contribution in [-0.4, -0.2) is 30.2 Å². The number of aryl methyl sites for hydroxylation is 1. The molecular weight excluding hydrogens is 476 g/mol. The molecule has 0 fully saturated rings. The monoisotopic (exact) mass is 496 g/mol. The number of aromatic amines is 1. The number of hydrogen-bond acceptors (Lipinski definition) is 7. The van der Waals surface area contributed by atoms with Crippen molar-refractivity contribution in [1.82, 2.24) is 9.97 Å². The lowest BCUT2D eigenvalue weighted by atomic mass is 10.1. The van der Waals surface area contributed by atoms with E-state index in [1.54, 1.807) is 32.2 Å². The second kappa shape index (κ2) is 10.1. The number of halogens is 1. The lowest BCUT2D eigenvalue weighted by Gasteiger charge is -2.12. The zero-order valence-electron chi connectivity index (χ0n) is 18.7. The molecule has 34 heavy (non-hydrogen) atoms. The third-order valence-corrected chi connectivity index (χ3v) is 6.57. The molecule has 0 spiro atoms. The smallest absolute Gasteiger partial charge is 0.348 e. The fourth-order valence-corrected chi connectivity index (χ4v) is 4.71. The number of thiophene rings is 1. The normalized spacial score (nSPS) is 11.5. The molecule has 0 aliphatic heterocycles. The maximum absolute atomic E-state index is 12.7. The van der Waals surface area contributed by atoms with Crippen molar-refractivity contribution in [3.8, 4) is 11.5 Å². The average molecular weight is 497 g/mol. The summed E-state index contributed by atoms with van der Waals surface area (Å²) in [6.07, 6.45) is 1.67. The van der Waals surface area contributed by atoms with E-state index >= 15 is 0 Å². The van der Waals surface area contributed by atoms with E-state index in [9.17, 15) is 9.59 Å². The molecule has 0 bridgehead atoms. The first-order chi connectivity index (χ1) is 16.4. The Morgan fingerprint density at radius 2 is 1.91 bits per heavy atom. The van der Waals surface area contributed by atoms with Gasteiger partial charge in [0.2, 0.25) is 0 Å². The minimum atomic E-state index is -0.510. The van der Waals surface area contributed by atoms with Gasteiger partial charge in [-0.3, -0.25) is 4.79 Å². The summed E-state index contributed by atoms with van der Waals surface area (Å²) in [5.41, 5.74) is 1.91. The van der Waals surface area contributed by atoms with E-state index in [0.29, 0.717) is 38.8 Å². The zero-order chi connectivity index (χ0) is 24.2. The fourth-order valence-electron chi connectivity index (χ4n) is 3.39. The van der Waals surface area contributed by atoms with Crippen LogP contribution in [0.25, 0.3) is 21.3 Å². The minimum absolute atomic E-state index is 0.194. The van der Waals surface area contributed by atoms with E-state index in [-0.39, 0.29) is 16.4 Å². The summed E-state index contributed by atoms with van der Waals surface area (Å²) in [6, 6.07) is 15.2. The standard InChI is InChI=1S/C25H21ClN2O5S/c1-14-20-23(29)27-22(28-24(20)34-21(14)25(30)32-3)17(26)11-16-9-10-18(31-2)19(12-16)33-13-15-7-5-4-6-8-15/h4-12H,13H2,1-3H3,(H,27,28,29)/b17-11-. The van der Waals surface area contributed by atoms with Crippen LogP contribution in [0.5, 0.6) is 11.5 Å². The number of ether oxygens (including phenoxy) is 3. The Balaban J connectivity index is 1.66. The number of aromatic nitrogens is 2. The van der Waals surface area contributed by atoms with Gasteiger partial charge in [-0.15, -0.1) is 11.3 Å². The molecule has 4 rings (SSSR count). The Morgan fingerprint density at radius 1 is 1.15 bits per heavy atom. The Kier molecular flexibility index (Phi) is 7.00. The van der Waals surface area contributed by atoms with Gasteiger partial charge >= 0.3 is 5.97 Å². The molecule has 2 aromatic heterocycles. The molecule has 7 nitrogen and oxygen atoms in total. The number of H-pyrrole nitrogens is 1. The van der Waals surface area contributed by atoms with Crippen molar-refractivity contribution >= 4 is 50.2 Å². The van der Waals surface area contributed by atoms with Gasteiger partial charge in [-0.1, -0.05) is 48.0 Å². The van der Waals surface area contributed by atoms with Crippen molar-refractivity contribution in [3.63, 3.8) is 0 Å². The first-order valence-electron chi connectivity index (χ1n) is 10.2. The van der Waals surface area contributed by atoms with Crippen LogP contribution < -0.4 is 15.0 Å². The highest BCUT2D eigenvalue weighted by atomic mass is 35.5. The summed E-state index contributed by atoms with van der Waals surface area (Å²) in [5, 5.41) is 0.573. The molecule has 0 saturated carbocycles. The lowest BCUT2D eigenvalue weighted by Crippen LogP contribution is -2.10. The quantitative estimate of drug-likeness (QED) is 0.344. The summed E-state index contributed by atoms with van der Waals surface area (Å²) < 4.78 is 16.2. The maximum Gasteiger partial charge on any atom is 0.348 e. The number of nitrogens with zero attached hydrogens (tertiary/aromatic N) is 1. The zero-order valence-corrected chi connectivity index (χ0v) is 20.3. The van der Waals surface area contributed by atoms with Gasteiger partial charge in [0.1, 0.15) is 16.3 Å². The van der Waals surface area contributed by atoms with Gasteiger partial charge in [0.15, 0.2) is 17.3 Å². The van der Waals surface area contributed by atoms with E-state index in [4.69, 9.17) is 25.8 Å². The lowest BCUT2D eigenvalue weighted by molar-refractivity contribution is 0.0605. The van der Waals surface area contributed by atoms with E-state index < -0.39 is 5.97 Å². The largest absolute Gasteiger partial charge is 0.493 e. The molecule has 9 heteroatoms. The molecule has 0 atom stereocenters. The van der Waals surface area contributed by atoms with E-state index in [0.717, 1.165) is 22.5 Å². The average Bonchev–Trinajstić information content (AvgIpc) is 3.19. The van der Waals surface area contributed by atoms with Crippen LogP contribution in [0.15, 0.2) is 53.3 Å². The molecule has 4 aromatic rings. The molecule has 174 valence electrons. The number of nitrogens with one attached hydrogen (secondary N) is 1. The summed E-state index contributed by atoms with van der Waals surface area (Å²) >= 11 is 7.61. The second-order valence-electron chi connectivity index (χ2n) is 7.32. The van der Waals surface area contributed by atoms with Gasteiger partial charge in [0.25, 0.3) is 5.56 Å². The van der Waals surface area contributed by atoms with Gasteiger partial charge in [0, 0.05) is 0 Å². The van der Waals surface area contributed by atoms with E-state index in [2.05, 4.69) is 9.97 Å². The number of carbonyl (C=O) groups excluding carboxylic acids is 1. The first-order valence-corrected chi connectivity index (χ1v) is 11.4. The molecule has 0 amide bonds. The summed E-state index contributed by atoms with van der Waals surface area (Å²) in [4.78, 5) is 32.6. The number of carbonyl (C=O) groups is 1. The fraction of sp³-hybridized carbons (Fsp3) is 0.160.